The lowest BCUT2D eigenvalue weighted by Gasteiger charge is -2.26. The van der Waals surface area contributed by atoms with Crippen molar-refractivity contribution < 1.29 is 26.3 Å². The van der Waals surface area contributed by atoms with Crippen LogP contribution in [0.1, 0.15) is 38.3 Å². The van der Waals surface area contributed by atoms with Crippen LogP contribution >= 0.6 is 12.2 Å². The molecule has 2 nitrogen and oxygen atoms in total. The maximum Gasteiger partial charge on any atom is 0.416 e. The molecule has 1 aromatic carbocycles. The molecule has 0 saturated carbocycles. The molecule has 1 aromatic rings. The second-order valence-electron chi connectivity index (χ2n) is 7.07. The van der Waals surface area contributed by atoms with Crippen molar-refractivity contribution in [3.8, 4) is 0 Å². The van der Waals surface area contributed by atoms with E-state index in [1.807, 2.05) is 20.8 Å². The summed E-state index contributed by atoms with van der Waals surface area (Å²) in [5.74, 6) is 0. The molecule has 0 aliphatic carbocycles. The van der Waals surface area contributed by atoms with Gasteiger partial charge in [-0.15, -0.1) is 0 Å². The van der Waals surface area contributed by atoms with Crippen LogP contribution in [0.4, 0.5) is 32.0 Å². The molecule has 0 unspecified atom stereocenters. The molecule has 2 rings (SSSR count). The van der Waals surface area contributed by atoms with Gasteiger partial charge in [0, 0.05) is 18.3 Å². The average molecular weight is 384 g/mol. The third-order valence-corrected chi connectivity index (χ3v) is 4.41. The van der Waals surface area contributed by atoms with E-state index in [0.717, 1.165) is 6.42 Å². The van der Waals surface area contributed by atoms with E-state index in [1.54, 1.807) is 4.90 Å². The van der Waals surface area contributed by atoms with Crippen LogP contribution in [-0.2, 0) is 12.4 Å². The average Bonchev–Trinajstić information content (AvgIpc) is 2.69. The number of halogens is 6. The summed E-state index contributed by atoms with van der Waals surface area (Å²) in [6.45, 7) is 6.54. The minimum absolute atomic E-state index is 0.0316. The van der Waals surface area contributed by atoms with Gasteiger partial charge in [0.1, 0.15) is 0 Å². The van der Waals surface area contributed by atoms with Crippen LogP contribution in [0.3, 0.4) is 0 Å². The van der Waals surface area contributed by atoms with Gasteiger partial charge in [-0.25, -0.2) is 0 Å². The smallest absolute Gasteiger partial charge is 0.346 e. The number of benzene rings is 1. The quantitative estimate of drug-likeness (QED) is 0.505. The highest BCUT2D eigenvalue weighted by atomic mass is 32.1. The van der Waals surface area contributed by atoms with Crippen molar-refractivity contribution in [3.63, 3.8) is 0 Å². The van der Waals surface area contributed by atoms with Gasteiger partial charge in [-0.2, -0.15) is 26.3 Å². The Bertz CT molecular complexity index is 633. The van der Waals surface area contributed by atoms with Crippen molar-refractivity contribution in [3.05, 3.63) is 29.3 Å². The number of hydrogen-bond donors (Lipinski definition) is 1. The lowest BCUT2D eigenvalue weighted by Crippen LogP contribution is -2.38. The number of anilines is 1. The SMILES string of the molecule is C[C@H]1CC(C)(C)CN1C(=S)Nc1cc(C(F)(F)F)cc(C(F)(F)F)c1. The normalized spacial score (nSPS) is 20.7. The molecular weight excluding hydrogens is 366 g/mol. The number of hydrogen-bond acceptors (Lipinski definition) is 1. The van der Waals surface area contributed by atoms with Gasteiger partial charge in [0.2, 0.25) is 0 Å². The van der Waals surface area contributed by atoms with Crippen molar-refractivity contribution in [1.82, 2.24) is 4.90 Å². The van der Waals surface area contributed by atoms with Gasteiger partial charge in [0.05, 0.1) is 11.1 Å². The first-order chi connectivity index (χ1) is 11.2. The molecule has 0 spiro atoms. The van der Waals surface area contributed by atoms with E-state index in [4.69, 9.17) is 12.2 Å². The molecule has 1 aliphatic heterocycles. The molecule has 140 valence electrons. The zero-order valence-electron chi connectivity index (χ0n) is 13.8. The van der Waals surface area contributed by atoms with Crippen molar-refractivity contribution in [2.75, 3.05) is 11.9 Å². The summed E-state index contributed by atoms with van der Waals surface area (Å²) >= 11 is 5.20. The van der Waals surface area contributed by atoms with Crippen molar-refractivity contribution in [1.29, 1.82) is 0 Å². The van der Waals surface area contributed by atoms with E-state index in [-0.39, 0.29) is 28.3 Å². The third-order valence-electron chi connectivity index (χ3n) is 4.08. The first-order valence-corrected chi connectivity index (χ1v) is 7.97. The number of rotatable bonds is 1. The Hall–Kier alpha value is -1.51. The van der Waals surface area contributed by atoms with E-state index in [9.17, 15) is 26.3 Å². The van der Waals surface area contributed by atoms with Crippen molar-refractivity contribution >= 4 is 23.0 Å². The van der Waals surface area contributed by atoms with Gasteiger partial charge in [-0.05, 0) is 49.2 Å². The van der Waals surface area contributed by atoms with Gasteiger partial charge < -0.3 is 10.2 Å². The predicted molar refractivity (Wildman–Crippen MR) is 87.2 cm³/mol. The van der Waals surface area contributed by atoms with Crippen LogP contribution < -0.4 is 5.32 Å². The fourth-order valence-electron chi connectivity index (χ4n) is 3.09. The Morgan fingerprint density at radius 1 is 1.08 bits per heavy atom. The summed E-state index contributed by atoms with van der Waals surface area (Å²) in [5, 5.41) is 2.65. The molecule has 1 heterocycles. The summed E-state index contributed by atoms with van der Waals surface area (Å²) in [4.78, 5) is 1.78. The van der Waals surface area contributed by atoms with Crippen LogP contribution in [0, 0.1) is 5.41 Å². The standard InChI is InChI=1S/C16H18F6N2S/c1-9-7-14(2,3)8-24(9)13(25)23-12-5-10(15(17,18)19)4-11(6-12)16(20,21)22/h4-6,9H,7-8H2,1-3H3,(H,23,25)/t9-/m0/s1. The molecular formula is C16H18F6N2S. The summed E-state index contributed by atoms with van der Waals surface area (Å²) in [6.07, 6.45) is -8.95. The van der Waals surface area contributed by atoms with Crippen molar-refractivity contribution in [2.24, 2.45) is 5.41 Å². The molecule has 1 atom stereocenters. The molecule has 0 bridgehead atoms. The number of thiocarbonyl (C=S) groups is 1. The van der Waals surface area contributed by atoms with Crippen LogP contribution in [0.25, 0.3) is 0 Å². The Morgan fingerprint density at radius 2 is 1.56 bits per heavy atom. The van der Waals surface area contributed by atoms with Gasteiger partial charge in [0.25, 0.3) is 0 Å². The minimum Gasteiger partial charge on any atom is -0.346 e. The highest BCUT2D eigenvalue weighted by molar-refractivity contribution is 7.80. The zero-order valence-corrected chi connectivity index (χ0v) is 14.7. The van der Waals surface area contributed by atoms with E-state index < -0.39 is 23.5 Å². The monoisotopic (exact) mass is 384 g/mol. The topological polar surface area (TPSA) is 15.3 Å². The Labute approximate surface area is 147 Å². The van der Waals surface area contributed by atoms with E-state index >= 15 is 0 Å². The predicted octanol–water partition coefficient (Wildman–Crippen LogP) is 5.54. The van der Waals surface area contributed by atoms with Gasteiger partial charge >= 0.3 is 12.4 Å². The van der Waals surface area contributed by atoms with Crippen LogP contribution in [0.5, 0.6) is 0 Å². The molecule has 9 heteroatoms. The molecule has 0 radical (unpaired) electrons. The Balaban J connectivity index is 2.31. The van der Waals surface area contributed by atoms with Crippen LogP contribution in [0.2, 0.25) is 0 Å². The van der Waals surface area contributed by atoms with Crippen molar-refractivity contribution in [2.45, 2.75) is 45.6 Å². The lowest BCUT2D eigenvalue weighted by molar-refractivity contribution is -0.143. The van der Waals surface area contributed by atoms with Gasteiger partial charge in [-0.1, -0.05) is 13.8 Å². The molecule has 1 saturated heterocycles. The summed E-state index contributed by atoms with van der Waals surface area (Å²) in [6, 6.07) is 1.40. The largest absolute Gasteiger partial charge is 0.416 e. The minimum atomic E-state index is -4.89. The third kappa shape index (κ3) is 4.77. The molecule has 0 amide bonds. The maximum absolute atomic E-state index is 12.9. The molecule has 1 aliphatic rings. The first kappa shape index (κ1) is 19.8. The molecule has 1 fully saturated rings. The number of alkyl halides is 6. The summed E-state index contributed by atoms with van der Waals surface area (Å²) < 4.78 is 77.4. The second kappa shape index (κ2) is 6.34. The Kier molecular flexibility index (Phi) is 5.02. The zero-order chi connectivity index (χ0) is 19.2. The van der Waals surface area contributed by atoms with E-state index in [0.29, 0.717) is 18.7 Å². The van der Waals surface area contributed by atoms with Gasteiger partial charge in [-0.3, -0.25) is 0 Å². The lowest BCUT2D eigenvalue weighted by atomic mass is 9.91. The van der Waals surface area contributed by atoms with Gasteiger partial charge in [0.15, 0.2) is 5.11 Å². The summed E-state index contributed by atoms with van der Waals surface area (Å²) in [5.41, 5.74) is -3.11. The number of nitrogens with zero attached hydrogens (tertiary/aromatic N) is 1. The molecule has 25 heavy (non-hydrogen) atoms. The first-order valence-electron chi connectivity index (χ1n) is 7.56. The second-order valence-corrected chi connectivity index (χ2v) is 7.46. The Morgan fingerprint density at radius 3 is 1.92 bits per heavy atom. The highest BCUT2D eigenvalue weighted by Crippen LogP contribution is 2.38. The fraction of sp³-hybridized carbons (Fsp3) is 0.562. The van der Waals surface area contributed by atoms with Crippen LogP contribution in [-0.4, -0.2) is 22.6 Å². The molecule has 1 N–H and O–H groups in total. The fourth-order valence-corrected chi connectivity index (χ4v) is 3.45. The maximum atomic E-state index is 12.9. The molecule has 0 aromatic heterocycles. The highest BCUT2D eigenvalue weighted by Gasteiger charge is 2.38. The van der Waals surface area contributed by atoms with E-state index in [2.05, 4.69) is 5.32 Å². The number of likely N-dealkylation sites (tertiary alicyclic amines) is 1. The van der Waals surface area contributed by atoms with Crippen LogP contribution in [0.15, 0.2) is 18.2 Å². The van der Waals surface area contributed by atoms with E-state index in [1.165, 1.54) is 0 Å². The number of nitrogens with one attached hydrogen (secondary N) is 1. The summed E-state index contributed by atoms with van der Waals surface area (Å²) in [7, 11) is 0.